The van der Waals surface area contributed by atoms with E-state index in [1.54, 1.807) is 13.3 Å². The summed E-state index contributed by atoms with van der Waals surface area (Å²) >= 11 is 6.43. The third-order valence-electron chi connectivity index (χ3n) is 6.21. The fourth-order valence-corrected chi connectivity index (χ4v) is 5.38. The summed E-state index contributed by atoms with van der Waals surface area (Å²) in [6.07, 6.45) is 2.68. The monoisotopic (exact) mass is 513 g/mol. The summed E-state index contributed by atoms with van der Waals surface area (Å²) in [7, 11) is 5.58. The Hall–Kier alpha value is -2.80. The molecule has 4 rings (SSSR count). The minimum atomic E-state index is -0.296. The average Bonchev–Trinajstić information content (AvgIpc) is 3.32. The predicted molar refractivity (Wildman–Crippen MR) is 150 cm³/mol. The van der Waals surface area contributed by atoms with Crippen molar-refractivity contribution in [2.45, 2.75) is 12.5 Å². The number of benzene rings is 2. The molecule has 1 atom stereocenters. The lowest BCUT2D eigenvalue weighted by Gasteiger charge is -2.24. The van der Waals surface area contributed by atoms with Gasteiger partial charge in [-0.3, -0.25) is 0 Å². The average molecular weight is 514 g/mol. The summed E-state index contributed by atoms with van der Waals surface area (Å²) < 4.78 is 5.69. The number of aromatic nitrogens is 2. The van der Waals surface area contributed by atoms with Crippen LogP contribution in [0.4, 0.5) is 34.5 Å². The molecule has 0 spiro atoms. The SMILES string of the molecule is COc1cc(N2CCC(N(C)C)C2)c(N)cc1Nc1ncc(Cl)c(Nc2ccccc2P(C)C)n1. The van der Waals surface area contributed by atoms with Crippen LogP contribution in [0.25, 0.3) is 0 Å². The largest absolute Gasteiger partial charge is 0.494 e. The minimum absolute atomic E-state index is 0.296. The lowest BCUT2D eigenvalue weighted by molar-refractivity contribution is 0.315. The quantitative estimate of drug-likeness (QED) is 0.294. The zero-order chi connectivity index (χ0) is 25.1. The maximum absolute atomic E-state index is 6.48. The van der Waals surface area contributed by atoms with Crippen LogP contribution in [0.1, 0.15) is 6.42 Å². The molecule has 0 radical (unpaired) electrons. The summed E-state index contributed by atoms with van der Waals surface area (Å²) in [6.45, 7) is 6.32. The minimum Gasteiger partial charge on any atom is -0.494 e. The van der Waals surface area contributed by atoms with Crippen LogP contribution >= 0.6 is 19.5 Å². The molecule has 0 bridgehead atoms. The Kier molecular flexibility index (Phi) is 7.85. The molecule has 1 saturated heterocycles. The van der Waals surface area contributed by atoms with E-state index in [1.807, 2.05) is 30.3 Å². The predicted octanol–water partition coefficient (Wildman–Crippen LogP) is 4.72. The van der Waals surface area contributed by atoms with Crippen LogP contribution in [-0.2, 0) is 0 Å². The number of halogens is 1. The molecule has 10 heteroatoms. The number of hydrogen-bond acceptors (Lipinski definition) is 8. The maximum Gasteiger partial charge on any atom is 0.229 e. The van der Waals surface area contributed by atoms with E-state index >= 15 is 0 Å². The second-order valence-corrected chi connectivity index (χ2v) is 11.7. The topological polar surface area (TPSA) is 91.6 Å². The van der Waals surface area contributed by atoms with Crippen LogP contribution in [0, 0.1) is 0 Å². The normalized spacial score (nSPS) is 15.7. The molecular weight excluding hydrogens is 481 g/mol. The third-order valence-corrected chi connectivity index (χ3v) is 7.84. The van der Waals surface area contributed by atoms with Gasteiger partial charge in [0.25, 0.3) is 0 Å². The van der Waals surface area contributed by atoms with Crippen LogP contribution in [-0.4, -0.2) is 68.5 Å². The van der Waals surface area contributed by atoms with Gasteiger partial charge in [0, 0.05) is 30.9 Å². The van der Waals surface area contributed by atoms with Gasteiger partial charge in [-0.05, 0) is 51.3 Å². The molecule has 1 fully saturated rings. The number of nitrogens with two attached hydrogens (primary N) is 1. The molecule has 2 aromatic carbocycles. The van der Waals surface area contributed by atoms with Crippen molar-refractivity contribution in [1.82, 2.24) is 14.9 Å². The van der Waals surface area contributed by atoms with Gasteiger partial charge in [-0.2, -0.15) is 4.98 Å². The van der Waals surface area contributed by atoms with E-state index in [-0.39, 0.29) is 7.92 Å². The summed E-state index contributed by atoms with van der Waals surface area (Å²) in [6, 6.07) is 12.6. The molecule has 0 aliphatic carbocycles. The number of ether oxygens (including phenoxy) is 1. The highest BCUT2D eigenvalue weighted by Gasteiger charge is 2.26. The molecule has 1 aromatic heterocycles. The van der Waals surface area contributed by atoms with Gasteiger partial charge >= 0.3 is 0 Å². The lowest BCUT2D eigenvalue weighted by atomic mass is 10.2. The third kappa shape index (κ3) is 5.72. The Morgan fingerprint density at radius 1 is 1.17 bits per heavy atom. The zero-order valence-corrected chi connectivity index (χ0v) is 22.5. The standard InChI is InChI=1S/C25H33ClN7OP/c1-32(2)16-10-11-33(15-16)21-13-22(34-3)20(12-18(21)27)30-25-28-14-17(26)24(31-25)29-19-8-6-7-9-23(19)35(4)5/h6-9,12-14,16H,10-11,15,27H2,1-5H3,(H2,28,29,30,31). The number of para-hydroxylation sites is 1. The molecule has 1 aliphatic heterocycles. The Morgan fingerprint density at radius 2 is 1.94 bits per heavy atom. The molecule has 0 amide bonds. The summed E-state index contributed by atoms with van der Waals surface area (Å²) in [5.74, 6) is 1.59. The van der Waals surface area contributed by atoms with Gasteiger partial charge < -0.3 is 30.9 Å². The number of nitrogen functional groups attached to an aromatic ring is 1. The fourth-order valence-electron chi connectivity index (χ4n) is 4.24. The highest BCUT2D eigenvalue weighted by Crippen LogP contribution is 2.38. The lowest BCUT2D eigenvalue weighted by Crippen LogP contribution is -2.31. The second-order valence-electron chi connectivity index (χ2n) is 9.02. The van der Waals surface area contributed by atoms with E-state index < -0.39 is 0 Å². The maximum atomic E-state index is 6.48. The number of methoxy groups -OCH3 is 1. The fraction of sp³-hybridized carbons (Fsp3) is 0.360. The molecular formula is C25H33ClN7OP. The molecule has 1 aliphatic rings. The highest BCUT2D eigenvalue weighted by molar-refractivity contribution is 7.64. The molecule has 2 heterocycles. The van der Waals surface area contributed by atoms with Crippen molar-refractivity contribution in [3.05, 3.63) is 47.6 Å². The van der Waals surface area contributed by atoms with Gasteiger partial charge in [0.2, 0.25) is 5.95 Å². The van der Waals surface area contributed by atoms with Crippen LogP contribution in [0.3, 0.4) is 0 Å². The Balaban J connectivity index is 1.58. The van der Waals surface area contributed by atoms with E-state index in [0.717, 1.165) is 30.9 Å². The van der Waals surface area contributed by atoms with E-state index in [1.165, 1.54) is 5.30 Å². The Labute approximate surface area is 213 Å². The van der Waals surface area contributed by atoms with Crippen molar-refractivity contribution in [3.8, 4) is 5.75 Å². The molecule has 35 heavy (non-hydrogen) atoms. The van der Waals surface area contributed by atoms with Crippen LogP contribution < -0.4 is 31.3 Å². The van der Waals surface area contributed by atoms with E-state index in [9.17, 15) is 0 Å². The van der Waals surface area contributed by atoms with Crippen molar-refractivity contribution in [1.29, 1.82) is 0 Å². The Morgan fingerprint density at radius 3 is 2.63 bits per heavy atom. The molecule has 8 nitrogen and oxygen atoms in total. The number of likely N-dealkylation sites (N-methyl/N-ethyl adjacent to an activating group) is 1. The zero-order valence-electron chi connectivity index (χ0n) is 20.8. The first kappa shape index (κ1) is 25.3. The van der Waals surface area contributed by atoms with E-state index in [4.69, 9.17) is 22.1 Å². The number of nitrogens with zero attached hydrogens (tertiary/aromatic N) is 4. The number of nitrogens with one attached hydrogen (secondary N) is 2. The van der Waals surface area contributed by atoms with Crippen LogP contribution in [0.2, 0.25) is 5.02 Å². The summed E-state index contributed by atoms with van der Waals surface area (Å²) in [5, 5.41) is 8.31. The van der Waals surface area contributed by atoms with E-state index in [0.29, 0.717) is 40.0 Å². The van der Waals surface area contributed by atoms with Gasteiger partial charge in [0.05, 0.1) is 30.4 Å². The van der Waals surface area contributed by atoms with Crippen molar-refractivity contribution in [3.63, 3.8) is 0 Å². The first-order valence-electron chi connectivity index (χ1n) is 11.5. The number of anilines is 6. The van der Waals surface area contributed by atoms with Gasteiger partial charge in [-0.25, -0.2) is 4.98 Å². The highest BCUT2D eigenvalue weighted by atomic mass is 35.5. The van der Waals surface area contributed by atoms with Crippen LogP contribution in [0.5, 0.6) is 5.75 Å². The first-order chi connectivity index (χ1) is 16.8. The smallest absolute Gasteiger partial charge is 0.229 e. The Bertz CT molecular complexity index is 1190. The number of hydrogen-bond donors (Lipinski definition) is 3. The van der Waals surface area contributed by atoms with Crippen molar-refractivity contribution in [2.24, 2.45) is 0 Å². The summed E-state index contributed by atoms with van der Waals surface area (Å²) in [4.78, 5) is 13.6. The van der Waals surface area contributed by atoms with Gasteiger partial charge in [-0.1, -0.05) is 37.7 Å². The van der Waals surface area contributed by atoms with Crippen molar-refractivity contribution in [2.75, 3.05) is 68.9 Å². The second kappa shape index (κ2) is 10.9. The first-order valence-corrected chi connectivity index (χ1v) is 14.1. The molecule has 186 valence electrons. The van der Waals surface area contributed by atoms with E-state index in [2.05, 4.69) is 63.9 Å². The molecule has 1 unspecified atom stereocenters. The molecule has 3 aromatic rings. The van der Waals surface area contributed by atoms with Gasteiger partial charge in [-0.15, -0.1) is 0 Å². The van der Waals surface area contributed by atoms with Crippen molar-refractivity contribution < 1.29 is 4.74 Å². The molecule has 0 saturated carbocycles. The van der Waals surface area contributed by atoms with Gasteiger partial charge in [0.1, 0.15) is 10.8 Å². The molecule has 4 N–H and O–H groups in total. The van der Waals surface area contributed by atoms with Crippen LogP contribution in [0.15, 0.2) is 42.6 Å². The number of rotatable bonds is 8. The van der Waals surface area contributed by atoms with Crippen molar-refractivity contribution >= 4 is 59.3 Å². The summed E-state index contributed by atoms with van der Waals surface area (Å²) in [5.41, 5.74) is 9.81. The van der Waals surface area contributed by atoms with Gasteiger partial charge in [0.15, 0.2) is 5.82 Å².